The lowest BCUT2D eigenvalue weighted by molar-refractivity contribution is -0.126. The van der Waals surface area contributed by atoms with Gasteiger partial charge in [-0.2, -0.15) is 9.57 Å². The van der Waals surface area contributed by atoms with E-state index in [0.717, 1.165) is 25.9 Å². The quantitative estimate of drug-likeness (QED) is 0.658. The third-order valence-electron chi connectivity index (χ3n) is 7.11. The number of piperidine rings is 1. The van der Waals surface area contributed by atoms with E-state index >= 15 is 0 Å². The number of fused-ring (bicyclic) bond motifs is 1. The molecule has 1 saturated heterocycles. The fourth-order valence-corrected chi connectivity index (χ4v) is 6.62. The Bertz CT molecular complexity index is 1170. The van der Waals surface area contributed by atoms with Crippen LogP contribution in [0.1, 0.15) is 42.9 Å². The van der Waals surface area contributed by atoms with Crippen molar-refractivity contribution in [2.24, 2.45) is 5.92 Å². The Kier molecular flexibility index (Phi) is 7.67. The number of nitrogens with one attached hydrogen (secondary N) is 1. The van der Waals surface area contributed by atoms with Gasteiger partial charge in [-0.25, -0.2) is 8.42 Å². The third kappa shape index (κ3) is 5.17. The van der Waals surface area contributed by atoms with Crippen LogP contribution in [-0.4, -0.2) is 55.8 Å². The second-order valence-electron chi connectivity index (χ2n) is 9.08. The number of nitriles is 1. The molecule has 0 aromatic heterocycles. The fraction of sp³-hybridized carbons (Fsp3) is 0.462. The van der Waals surface area contributed by atoms with Crippen molar-refractivity contribution in [2.45, 2.75) is 50.1 Å². The first-order chi connectivity index (χ1) is 16.4. The van der Waals surface area contributed by atoms with Crippen molar-refractivity contribution in [2.75, 3.05) is 26.2 Å². The molecule has 1 N–H and O–H groups in total. The predicted octanol–water partition coefficient (Wildman–Crippen LogP) is 2.91. The number of sulfonamides is 1. The first-order valence-electron chi connectivity index (χ1n) is 12.0. The van der Waals surface area contributed by atoms with Crippen LogP contribution in [0.4, 0.5) is 0 Å². The zero-order valence-electron chi connectivity index (χ0n) is 19.6. The van der Waals surface area contributed by atoms with E-state index in [9.17, 15) is 18.5 Å². The number of benzene rings is 2. The summed E-state index contributed by atoms with van der Waals surface area (Å²) in [6.07, 6.45) is 2.95. The van der Waals surface area contributed by atoms with Crippen LogP contribution in [0.5, 0.6) is 0 Å². The molecule has 0 spiro atoms. The summed E-state index contributed by atoms with van der Waals surface area (Å²) in [5, 5.41) is 12.4. The van der Waals surface area contributed by atoms with Crippen LogP contribution in [0, 0.1) is 17.2 Å². The summed E-state index contributed by atoms with van der Waals surface area (Å²) in [6, 6.07) is 17.0. The van der Waals surface area contributed by atoms with Gasteiger partial charge in [0.15, 0.2) is 0 Å². The predicted molar refractivity (Wildman–Crippen MR) is 130 cm³/mol. The molecule has 34 heavy (non-hydrogen) atoms. The minimum absolute atomic E-state index is 0.00494. The maximum absolute atomic E-state index is 13.0. The van der Waals surface area contributed by atoms with E-state index in [4.69, 9.17) is 0 Å². The Morgan fingerprint density at radius 1 is 1.09 bits per heavy atom. The highest BCUT2D eigenvalue weighted by Gasteiger charge is 2.33. The molecule has 1 atom stereocenters. The molecule has 180 valence electrons. The average molecular weight is 481 g/mol. The minimum atomic E-state index is -3.75. The molecule has 0 radical (unpaired) electrons. The van der Waals surface area contributed by atoms with Crippen molar-refractivity contribution in [3.8, 4) is 6.07 Å². The molecule has 1 unspecified atom stereocenters. The Labute approximate surface area is 202 Å². The summed E-state index contributed by atoms with van der Waals surface area (Å²) < 4.78 is 27.5. The monoisotopic (exact) mass is 480 g/mol. The molecule has 2 aliphatic heterocycles. The average Bonchev–Trinajstić information content (AvgIpc) is 2.88. The number of nitrogens with zero attached hydrogens (tertiary/aromatic N) is 3. The topological polar surface area (TPSA) is 93.5 Å². The SMILES string of the molecule is CCC(CNC(=O)C1CCN(S(=O)(=O)c2ccccc2C#N)CC1)N1CCc2ccccc2C1. The Morgan fingerprint density at radius 2 is 1.76 bits per heavy atom. The van der Waals surface area contributed by atoms with Gasteiger partial charge in [-0.3, -0.25) is 9.69 Å². The van der Waals surface area contributed by atoms with Crippen LogP contribution in [-0.2, 0) is 27.8 Å². The molecule has 0 bridgehead atoms. The Hall–Kier alpha value is -2.73. The first-order valence-corrected chi connectivity index (χ1v) is 13.5. The van der Waals surface area contributed by atoms with Crippen LogP contribution < -0.4 is 5.32 Å². The van der Waals surface area contributed by atoms with Crippen molar-refractivity contribution in [3.05, 3.63) is 65.2 Å². The minimum Gasteiger partial charge on any atom is -0.354 e. The number of rotatable bonds is 7. The number of carbonyl (C=O) groups is 1. The maximum Gasteiger partial charge on any atom is 0.244 e. The fourth-order valence-electron chi connectivity index (χ4n) is 5.00. The molecule has 7 nitrogen and oxygen atoms in total. The van der Waals surface area contributed by atoms with E-state index in [0.29, 0.717) is 19.4 Å². The van der Waals surface area contributed by atoms with Gasteiger partial charge < -0.3 is 5.32 Å². The molecule has 2 aromatic carbocycles. The molecule has 4 rings (SSSR count). The van der Waals surface area contributed by atoms with E-state index in [1.165, 1.54) is 27.6 Å². The number of amides is 1. The van der Waals surface area contributed by atoms with Gasteiger partial charge in [0.2, 0.25) is 15.9 Å². The lowest BCUT2D eigenvalue weighted by Crippen LogP contribution is -2.48. The van der Waals surface area contributed by atoms with Gasteiger partial charge in [0.25, 0.3) is 0 Å². The molecule has 8 heteroatoms. The third-order valence-corrected chi connectivity index (χ3v) is 9.07. The van der Waals surface area contributed by atoms with Crippen LogP contribution in [0.2, 0.25) is 0 Å². The first kappa shape index (κ1) is 24.4. The van der Waals surface area contributed by atoms with Gasteiger partial charge in [-0.15, -0.1) is 0 Å². The number of hydrogen-bond donors (Lipinski definition) is 1. The van der Waals surface area contributed by atoms with Crippen molar-refractivity contribution in [1.82, 2.24) is 14.5 Å². The van der Waals surface area contributed by atoms with Crippen molar-refractivity contribution >= 4 is 15.9 Å². The standard InChI is InChI=1S/C26H32N4O3S/c1-2-24(29-14-11-20-7-3-4-9-23(20)19-29)18-28-26(31)21-12-15-30(16-13-21)34(32,33)25-10-6-5-8-22(25)17-27/h3-10,21,24H,2,11-16,18-19H2,1H3,(H,28,31). The second kappa shape index (κ2) is 10.7. The van der Waals surface area contributed by atoms with Gasteiger partial charge in [0.05, 0.1) is 10.5 Å². The van der Waals surface area contributed by atoms with Gasteiger partial charge in [-0.05, 0) is 48.9 Å². The highest BCUT2D eigenvalue weighted by Crippen LogP contribution is 2.26. The van der Waals surface area contributed by atoms with E-state index in [2.05, 4.69) is 41.4 Å². The van der Waals surface area contributed by atoms with E-state index in [-0.39, 0.29) is 41.4 Å². The molecular weight excluding hydrogens is 448 g/mol. The van der Waals surface area contributed by atoms with Crippen LogP contribution >= 0.6 is 0 Å². The van der Waals surface area contributed by atoms with Crippen molar-refractivity contribution < 1.29 is 13.2 Å². The summed E-state index contributed by atoms with van der Waals surface area (Å²) in [6.45, 7) is 5.21. The van der Waals surface area contributed by atoms with Crippen LogP contribution in [0.15, 0.2) is 53.4 Å². The second-order valence-corrected chi connectivity index (χ2v) is 11.0. The molecule has 2 aromatic rings. The van der Waals surface area contributed by atoms with E-state index < -0.39 is 10.0 Å². The van der Waals surface area contributed by atoms with Gasteiger partial charge in [0.1, 0.15) is 6.07 Å². The molecule has 2 aliphatic rings. The molecule has 2 heterocycles. The summed E-state index contributed by atoms with van der Waals surface area (Å²) in [4.78, 5) is 15.4. The van der Waals surface area contributed by atoms with E-state index in [1.807, 2.05) is 6.07 Å². The Morgan fingerprint density at radius 3 is 2.47 bits per heavy atom. The zero-order chi connectivity index (χ0) is 24.1. The summed E-state index contributed by atoms with van der Waals surface area (Å²) in [5.41, 5.74) is 2.93. The van der Waals surface area contributed by atoms with Crippen molar-refractivity contribution in [1.29, 1.82) is 5.26 Å². The lowest BCUT2D eigenvalue weighted by atomic mass is 9.96. The Balaban J connectivity index is 1.30. The lowest BCUT2D eigenvalue weighted by Gasteiger charge is -2.36. The number of carbonyl (C=O) groups excluding carboxylic acids is 1. The molecule has 1 fully saturated rings. The smallest absolute Gasteiger partial charge is 0.244 e. The number of hydrogen-bond acceptors (Lipinski definition) is 5. The normalized spacial score (nSPS) is 18.6. The summed E-state index contributed by atoms with van der Waals surface area (Å²) in [7, 11) is -3.75. The van der Waals surface area contributed by atoms with Crippen LogP contribution in [0.3, 0.4) is 0 Å². The highest BCUT2D eigenvalue weighted by molar-refractivity contribution is 7.89. The molecule has 0 aliphatic carbocycles. The van der Waals surface area contributed by atoms with Crippen LogP contribution in [0.25, 0.3) is 0 Å². The van der Waals surface area contributed by atoms with Gasteiger partial charge >= 0.3 is 0 Å². The van der Waals surface area contributed by atoms with Crippen molar-refractivity contribution in [3.63, 3.8) is 0 Å². The molecule has 1 amide bonds. The van der Waals surface area contributed by atoms with E-state index in [1.54, 1.807) is 12.1 Å². The summed E-state index contributed by atoms with van der Waals surface area (Å²) in [5.74, 6) is -0.192. The largest absolute Gasteiger partial charge is 0.354 e. The zero-order valence-corrected chi connectivity index (χ0v) is 20.4. The maximum atomic E-state index is 13.0. The summed E-state index contributed by atoms with van der Waals surface area (Å²) >= 11 is 0. The van der Waals surface area contributed by atoms with Gasteiger partial charge in [0, 0.05) is 44.7 Å². The highest BCUT2D eigenvalue weighted by atomic mass is 32.2. The van der Waals surface area contributed by atoms with Gasteiger partial charge in [-0.1, -0.05) is 43.3 Å². The molecule has 0 saturated carbocycles. The molecular formula is C26H32N4O3S.